The summed E-state index contributed by atoms with van der Waals surface area (Å²) < 4.78 is 0. The molecule has 1 aromatic carbocycles. The number of nitrogens with zero attached hydrogens (tertiary/aromatic N) is 1. The van der Waals surface area contributed by atoms with Crippen molar-refractivity contribution in [3.8, 4) is 0 Å². The smallest absolute Gasteiger partial charge is 0.272 e. The molecular weight excluding hydrogens is 290 g/mol. The molecule has 6 heteroatoms. The average molecular weight is 310 g/mol. The number of carbonyl (C=O) groups is 2. The molecule has 0 fully saturated rings. The molecule has 0 bridgehead atoms. The first-order chi connectivity index (χ1) is 9.90. The van der Waals surface area contributed by atoms with E-state index in [1.54, 1.807) is 31.2 Å². The molecule has 2 N–H and O–H groups in total. The summed E-state index contributed by atoms with van der Waals surface area (Å²) in [4.78, 5) is 23.5. The maximum absolute atomic E-state index is 11.9. The minimum Gasteiger partial charge on any atom is -0.356 e. The monoisotopic (exact) mass is 309 g/mol. The molecule has 5 nitrogen and oxygen atoms in total. The van der Waals surface area contributed by atoms with Crippen LogP contribution in [0, 0.1) is 5.92 Å². The number of hydrogen-bond donors (Lipinski definition) is 2. The molecule has 0 aromatic heterocycles. The summed E-state index contributed by atoms with van der Waals surface area (Å²) in [5.41, 5.74) is 3.27. The van der Waals surface area contributed by atoms with Crippen LogP contribution in [0.2, 0.25) is 5.02 Å². The van der Waals surface area contributed by atoms with E-state index < -0.39 is 5.91 Å². The van der Waals surface area contributed by atoms with Gasteiger partial charge in [-0.05, 0) is 25.0 Å². The lowest BCUT2D eigenvalue weighted by atomic mass is 10.2. The summed E-state index contributed by atoms with van der Waals surface area (Å²) in [5.74, 6) is -0.120. The second-order valence-corrected chi connectivity index (χ2v) is 5.55. The Morgan fingerprint density at radius 1 is 1.29 bits per heavy atom. The standard InChI is InChI=1S/C15H20ClN3O2/c1-10(2)9-17-14(20)8-11(3)18-19-15(21)12-6-4-5-7-13(12)16/h4-7,10H,8-9H2,1-3H3,(H,17,20)(H,19,21)/b18-11-. The van der Waals surface area contributed by atoms with Crippen molar-refractivity contribution >= 4 is 29.1 Å². The summed E-state index contributed by atoms with van der Waals surface area (Å²) in [6, 6.07) is 6.70. The number of halogens is 1. The molecule has 114 valence electrons. The fourth-order valence-corrected chi connectivity index (χ4v) is 1.73. The van der Waals surface area contributed by atoms with Gasteiger partial charge in [0.15, 0.2) is 0 Å². The Hall–Kier alpha value is -1.88. The summed E-state index contributed by atoms with van der Waals surface area (Å²) in [5, 5.41) is 7.05. The molecule has 0 radical (unpaired) electrons. The first kappa shape index (κ1) is 17.2. The van der Waals surface area contributed by atoms with Crippen molar-refractivity contribution in [2.24, 2.45) is 11.0 Å². The Morgan fingerprint density at radius 2 is 1.95 bits per heavy atom. The average Bonchev–Trinajstić information content (AvgIpc) is 2.43. The van der Waals surface area contributed by atoms with Crippen LogP contribution >= 0.6 is 11.6 Å². The van der Waals surface area contributed by atoms with Crippen LogP contribution in [0.3, 0.4) is 0 Å². The number of benzene rings is 1. The highest BCUT2D eigenvalue weighted by Gasteiger charge is 2.09. The van der Waals surface area contributed by atoms with Gasteiger partial charge in [0.2, 0.25) is 5.91 Å². The summed E-state index contributed by atoms with van der Waals surface area (Å²) in [7, 11) is 0. The van der Waals surface area contributed by atoms with E-state index in [-0.39, 0.29) is 12.3 Å². The molecule has 0 atom stereocenters. The SMILES string of the molecule is C/C(CC(=O)NCC(C)C)=N/NC(=O)c1ccccc1Cl. The fraction of sp³-hybridized carbons (Fsp3) is 0.400. The predicted molar refractivity (Wildman–Crippen MR) is 84.5 cm³/mol. The van der Waals surface area contributed by atoms with Crippen molar-refractivity contribution < 1.29 is 9.59 Å². The molecule has 1 aromatic rings. The van der Waals surface area contributed by atoms with Gasteiger partial charge in [0.1, 0.15) is 0 Å². The molecule has 0 saturated heterocycles. The van der Waals surface area contributed by atoms with Gasteiger partial charge in [-0.1, -0.05) is 37.6 Å². The van der Waals surface area contributed by atoms with Crippen molar-refractivity contribution in [1.29, 1.82) is 0 Å². The molecule has 0 heterocycles. The zero-order chi connectivity index (χ0) is 15.8. The Balaban J connectivity index is 2.50. The Bertz CT molecular complexity index is 541. The van der Waals surface area contributed by atoms with E-state index in [0.29, 0.717) is 28.8 Å². The van der Waals surface area contributed by atoms with Gasteiger partial charge >= 0.3 is 0 Å². The second kappa shape index (κ2) is 8.42. The third kappa shape index (κ3) is 6.40. The van der Waals surface area contributed by atoms with Crippen molar-refractivity contribution in [2.45, 2.75) is 27.2 Å². The summed E-state index contributed by atoms with van der Waals surface area (Å²) in [6.07, 6.45) is 0.148. The lowest BCUT2D eigenvalue weighted by Gasteiger charge is -2.07. The minimum absolute atomic E-state index is 0.114. The van der Waals surface area contributed by atoms with E-state index in [1.165, 1.54) is 0 Å². The number of amides is 2. The van der Waals surface area contributed by atoms with Gasteiger partial charge in [0.05, 0.1) is 17.0 Å². The Labute approximate surface area is 129 Å². The largest absolute Gasteiger partial charge is 0.356 e. The third-order valence-corrected chi connectivity index (χ3v) is 2.92. The van der Waals surface area contributed by atoms with Gasteiger partial charge in [0, 0.05) is 12.3 Å². The van der Waals surface area contributed by atoms with Crippen LogP contribution in [0.5, 0.6) is 0 Å². The second-order valence-electron chi connectivity index (χ2n) is 5.14. The first-order valence-corrected chi connectivity index (χ1v) is 7.12. The van der Waals surface area contributed by atoms with Crippen LogP contribution < -0.4 is 10.7 Å². The first-order valence-electron chi connectivity index (χ1n) is 6.75. The zero-order valence-electron chi connectivity index (χ0n) is 12.4. The molecule has 0 aliphatic carbocycles. The summed E-state index contributed by atoms with van der Waals surface area (Å²) in [6.45, 7) is 6.34. The highest BCUT2D eigenvalue weighted by molar-refractivity contribution is 6.33. The van der Waals surface area contributed by atoms with E-state index in [2.05, 4.69) is 15.8 Å². The molecule has 0 unspecified atom stereocenters. The van der Waals surface area contributed by atoms with Gasteiger partial charge in [0.25, 0.3) is 5.91 Å². The van der Waals surface area contributed by atoms with E-state index in [9.17, 15) is 9.59 Å². The lowest BCUT2D eigenvalue weighted by Crippen LogP contribution is -2.29. The van der Waals surface area contributed by atoms with Crippen LogP contribution in [0.4, 0.5) is 0 Å². The number of hydrogen-bond acceptors (Lipinski definition) is 3. The quantitative estimate of drug-likeness (QED) is 0.626. The van der Waals surface area contributed by atoms with Gasteiger partial charge in [-0.3, -0.25) is 9.59 Å². The maximum atomic E-state index is 11.9. The van der Waals surface area contributed by atoms with Gasteiger partial charge in [-0.2, -0.15) is 5.10 Å². The molecule has 0 aliphatic rings. The van der Waals surface area contributed by atoms with E-state index in [4.69, 9.17) is 11.6 Å². The van der Waals surface area contributed by atoms with E-state index in [0.717, 1.165) is 0 Å². The van der Waals surface area contributed by atoms with Crippen LogP contribution in [0.25, 0.3) is 0 Å². The topological polar surface area (TPSA) is 70.6 Å². The minimum atomic E-state index is -0.400. The van der Waals surface area contributed by atoms with Gasteiger partial charge in [-0.15, -0.1) is 0 Å². The van der Waals surface area contributed by atoms with Crippen molar-refractivity contribution in [2.75, 3.05) is 6.54 Å². The predicted octanol–water partition coefficient (Wildman–Crippen LogP) is 2.61. The number of rotatable bonds is 6. The van der Waals surface area contributed by atoms with Gasteiger partial charge < -0.3 is 5.32 Å². The third-order valence-electron chi connectivity index (χ3n) is 2.59. The van der Waals surface area contributed by atoms with Crippen molar-refractivity contribution in [1.82, 2.24) is 10.7 Å². The fourth-order valence-electron chi connectivity index (χ4n) is 1.50. The molecule has 0 spiro atoms. The zero-order valence-corrected chi connectivity index (χ0v) is 13.2. The number of hydrazone groups is 1. The molecule has 0 saturated carbocycles. The summed E-state index contributed by atoms with van der Waals surface area (Å²) >= 11 is 5.92. The molecule has 1 rings (SSSR count). The van der Waals surface area contributed by atoms with Crippen LogP contribution in [0.15, 0.2) is 29.4 Å². The molecule has 2 amide bonds. The highest BCUT2D eigenvalue weighted by atomic mass is 35.5. The van der Waals surface area contributed by atoms with E-state index in [1.807, 2.05) is 13.8 Å². The molecule has 21 heavy (non-hydrogen) atoms. The van der Waals surface area contributed by atoms with Crippen LogP contribution in [-0.2, 0) is 4.79 Å². The van der Waals surface area contributed by atoms with Crippen molar-refractivity contribution in [3.63, 3.8) is 0 Å². The molecule has 0 aliphatic heterocycles. The highest BCUT2D eigenvalue weighted by Crippen LogP contribution is 2.14. The molecular formula is C15H20ClN3O2. The number of carbonyl (C=O) groups excluding carboxylic acids is 2. The normalized spacial score (nSPS) is 11.4. The van der Waals surface area contributed by atoms with Crippen molar-refractivity contribution in [3.05, 3.63) is 34.9 Å². The number of nitrogens with one attached hydrogen (secondary N) is 2. The van der Waals surface area contributed by atoms with Gasteiger partial charge in [-0.25, -0.2) is 5.43 Å². The van der Waals surface area contributed by atoms with Crippen LogP contribution in [0.1, 0.15) is 37.6 Å². The Kier molecular flexibility index (Phi) is 6.88. The van der Waals surface area contributed by atoms with E-state index >= 15 is 0 Å². The lowest BCUT2D eigenvalue weighted by molar-refractivity contribution is -0.120. The Morgan fingerprint density at radius 3 is 2.57 bits per heavy atom. The maximum Gasteiger partial charge on any atom is 0.272 e. The van der Waals surface area contributed by atoms with Crippen LogP contribution in [-0.4, -0.2) is 24.1 Å².